The lowest BCUT2D eigenvalue weighted by atomic mass is 10.2. The summed E-state index contributed by atoms with van der Waals surface area (Å²) < 4.78 is 11.1. The van der Waals surface area contributed by atoms with Gasteiger partial charge in [0.2, 0.25) is 0 Å². The van der Waals surface area contributed by atoms with Crippen LogP contribution in [-0.4, -0.2) is 42.4 Å². The molecule has 1 fully saturated rings. The second-order valence-electron chi connectivity index (χ2n) is 6.27. The predicted octanol–water partition coefficient (Wildman–Crippen LogP) is 3.37. The van der Waals surface area contributed by atoms with Crippen LogP contribution in [-0.2, 0) is 9.47 Å². The van der Waals surface area contributed by atoms with Gasteiger partial charge in [0, 0.05) is 13.2 Å². The summed E-state index contributed by atoms with van der Waals surface area (Å²) in [4.78, 5) is 13.6. The highest BCUT2D eigenvalue weighted by Crippen LogP contribution is 2.17. The molecule has 0 aromatic rings. The van der Waals surface area contributed by atoms with E-state index in [0.717, 1.165) is 32.4 Å². The molecule has 4 nitrogen and oxygen atoms in total. The maximum absolute atomic E-state index is 11.9. The minimum atomic E-state index is -0.433. The van der Waals surface area contributed by atoms with Crippen LogP contribution in [0.5, 0.6) is 0 Å². The SMILES string of the molecule is C=C(C)CCCOC1CCN(C(=O)OC(C)(C)C)C1. The molecule has 1 saturated heterocycles. The highest BCUT2D eigenvalue weighted by atomic mass is 16.6. The van der Waals surface area contributed by atoms with Crippen LogP contribution in [0.15, 0.2) is 12.2 Å². The Bertz CT molecular complexity index is 320. The monoisotopic (exact) mass is 269 g/mol. The smallest absolute Gasteiger partial charge is 0.410 e. The van der Waals surface area contributed by atoms with E-state index in [1.165, 1.54) is 5.57 Å². The third-order valence-corrected chi connectivity index (χ3v) is 2.90. The zero-order valence-corrected chi connectivity index (χ0v) is 12.7. The second-order valence-corrected chi connectivity index (χ2v) is 6.27. The largest absolute Gasteiger partial charge is 0.444 e. The molecule has 1 aliphatic heterocycles. The minimum Gasteiger partial charge on any atom is -0.444 e. The van der Waals surface area contributed by atoms with Gasteiger partial charge in [0.1, 0.15) is 5.60 Å². The fourth-order valence-corrected chi connectivity index (χ4v) is 1.98. The molecule has 110 valence electrons. The molecular weight excluding hydrogens is 242 g/mol. The molecule has 0 saturated carbocycles. The van der Waals surface area contributed by atoms with Gasteiger partial charge < -0.3 is 14.4 Å². The molecule has 1 atom stereocenters. The van der Waals surface area contributed by atoms with Crippen molar-refractivity contribution in [3.05, 3.63) is 12.2 Å². The van der Waals surface area contributed by atoms with E-state index >= 15 is 0 Å². The molecule has 1 unspecified atom stereocenters. The van der Waals surface area contributed by atoms with Crippen molar-refractivity contribution in [3.8, 4) is 0 Å². The van der Waals surface area contributed by atoms with Crippen molar-refractivity contribution in [1.29, 1.82) is 0 Å². The van der Waals surface area contributed by atoms with Gasteiger partial charge in [-0.15, -0.1) is 6.58 Å². The maximum Gasteiger partial charge on any atom is 0.410 e. The Hall–Kier alpha value is -1.03. The van der Waals surface area contributed by atoms with Gasteiger partial charge in [-0.25, -0.2) is 4.79 Å². The summed E-state index contributed by atoms with van der Waals surface area (Å²) in [5.74, 6) is 0. The highest BCUT2D eigenvalue weighted by Gasteiger charge is 2.29. The number of allylic oxidation sites excluding steroid dienone is 1. The summed E-state index contributed by atoms with van der Waals surface area (Å²) in [6.45, 7) is 13.6. The summed E-state index contributed by atoms with van der Waals surface area (Å²) in [5.41, 5.74) is 0.753. The van der Waals surface area contributed by atoms with Crippen molar-refractivity contribution < 1.29 is 14.3 Å². The average molecular weight is 269 g/mol. The highest BCUT2D eigenvalue weighted by molar-refractivity contribution is 5.68. The lowest BCUT2D eigenvalue weighted by Gasteiger charge is -2.24. The molecule has 1 amide bonds. The molecule has 1 aliphatic rings. The number of carbonyl (C=O) groups is 1. The lowest BCUT2D eigenvalue weighted by molar-refractivity contribution is 0.0208. The Morgan fingerprint density at radius 2 is 2.11 bits per heavy atom. The Labute approximate surface area is 116 Å². The normalized spacial score (nSPS) is 19.6. The first kappa shape index (κ1) is 16.0. The van der Waals surface area contributed by atoms with E-state index < -0.39 is 5.60 Å². The number of amides is 1. The van der Waals surface area contributed by atoms with Crippen LogP contribution in [0, 0.1) is 0 Å². The number of hydrogen-bond acceptors (Lipinski definition) is 3. The summed E-state index contributed by atoms with van der Waals surface area (Å²) in [6.07, 6.45) is 2.81. The van der Waals surface area contributed by atoms with Crippen LogP contribution >= 0.6 is 0 Å². The number of carbonyl (C=O) groups excluding carboxylic acids is 1. The number of rotatable bonds is 5. The molecule has 0 aromatic heterocycles. The van der Waals surface area contributed by atoms with E-state index in [0.29, 0.717) is 6.54 Å². The van der Waals surface area contributed by atoms with E-state index in [2.05, 4.69) is 6.58 Å². The fourth-order valence-electron chi connectivity index (χ4n) is 1.98. The summed E-state index contributed by atoms with van der Waals surface area (Å²) >= 11 is 0. The van der Waals surface area contributed by atoms with Gasteiger partial charge >= 0.3 is 6.09 Å². The van der Waals surface area contributed by atoms with Gasteiger partial charge in [-0.2, -0.15) is 0 Å². The lowest BCUT2D eigenvalue weighted by Crippen LogP contribution is -2.36. The van der Waals surface area contributed by atoms with Crippen LogP contribution in [0.3, 0.4) is 0 Å². The van der Waals surface area contributed by atoms with Crippen LogP contribution < -0.4 is 0 Å². The van der Waals surface area contributed by atoms with Crippen molar-refractivity contribution >= 4 is 6.09 Å². The minimum absolute atomic E-state index is 0.151. The third kappa shape index (κ3) is 6.62. The van der Waals surface area contributed by atoms with Gasteiger partial charge in [-0.1, -0.05) is 5.57 Å². The molecule has 4 heteroatoms. The van der Waals surface area contributed by atoms with Gasteiger partial charge in [0.05, 0.1) is 12.6 Å². The van der Waals surface area contributed by atoms with E-state index in [1.807, 2.05) is 27.7 Å². The third-order valence-electron chi connectivity index (χ3n) is 2.90. The second kappa shape index (κ2) is 6.94. The number of hydrogen-bond donors (Lipinski definition) is 0. The Balaban J connectivity index is 2.22. The van der Waals surface area contributed by atoms with Crippen molar-refractivity contribution in [2.24, 2.45) is 0 Å². The summed E-state index contributed by atoms with van der Waals surface area (Å²) in [5, 5.41) is 0. The Kier molecular flexibility index (Phi) is 5.85. The fraction of sp³-hybridized carbons (Fsp3) is 0.800. The molecular formula is C15H27NO3. The summed E-state index contributed by atoms with van der Waals surface area (Å²) in [6, 6.07) is 0. The molecule has 0 N–H and O–H groups in total. The van der Waals surface area contributed by atoms with E-state index in [4.69, 9.17) is 9.47 Å². The molecule has 0 radical (unpaired) electrons. The molecule has 0 aliphatic carbocycles. The number of likely N-dealkylation sites (tertiary alicyclic amines) is 1. The molecule has 0 aromatic carbocycles. The van der Waals surface area contributed by atoms with Crippen molar-refractivity contribution in [2.45, 2.75) is 58.7 Å². The Morgan fingerprint density at radius 3 is 2.68 bits per heavy atom. The molecule has 1 rings (SSSR count). The first-order valence-electron chi connectivity index (χ1n) is 7.02. The van der Waals surface area contributed by atoms with E-state index in [9.17, 15) is 4.79 Å². The first-order valence-corrected chi connectivity index (χ1v) is 7.02. The van der Waals surface area contributed by atoms with E-state index in [-0.39, 0.29) is 12.2 Å². The van der Waals surface area contributed by atoms with Crippen molar-refractivity contribution in [2.75, 3.05) is 19.7 Å². The van der Waals surface area contributed by atoms with Gasteiger partial charge in [-0.3, -0.25) is 0 Å². The van der Waals surface area contributed by atoms with Crippen LogP contribution in [0.2, 0.25) is 0 Å². The average Bonchev–Trinajstić information content (AvgIpc) is 2.70. The summed E-state index contributed by atoms with van der Waals surface area (Å²) in [7, 11) is 0. The predicted molar refractivity (Wildman–Crippen MR) is 76.2 cm³/mol. The van der Waals surface area contributed by atoms with Crippen LogP contribution in [0.25, 0.3) is 0 Å². The number of ether oxygens (including phenoxy) is 2. The zero-order chi connectivity index (χ0) is 14.5. The first-order chi connectivity index (χ1) is 8.78. The van der Waals surface area contributed by atoms with Gasteiger partial charge in [0.15, 0.2) is 0 Å². The standard InChI is InChI=1S/C15H27NO3/c1-12(2)7-6-10-18-13-8-9-16(11-13)14(17)19-15(3,4)5/h13H,1,6-11H2,2-5H3. The van der Waals surface area contributed by atoms with Crippen LogP contribution in [0.1, 0.15) is 47.0 Å². The topological polar surface area (TPSA) is 38.8 Å². The number of nitrogens with zero attached hydrogens (tertiary/aromatic N) is 1. The quantitative estimate of drug-likeness (QED) is 0.567. The van der Waals surface area contributed by atoms with Gasteiger partial charge in [0.25, 0.3) is 0 Å². The molecule has 1 heterocycles. The molecule has 19 heavy (non-hydrogen) atoms. The molecule has 0 bridgehead atoms. The van der Waals surface area contributed by atoms with Gasteiger partial charge in [-0.05, 0) is 47.0 Å². The van der Waals surface area contributed by atoms with Crippen LogP contribution in [0.4, 0.5) is 4.79 Å². The van der Waals surface area contributed by atoms with E-state index in [1.54, 1.807) is 4.90 Å². The molecule has 0 spiro atoms. The van der Waals surface area contributed by atoms with Crippen molar-refractivity contribution in [3.63, 3.8) is 0 Å². The maximum atomic E-state index is 11.9. The zero-order valence-electron chi connectivity index (χ0n) is 12.7. The Morgan fingerprint density at radius 1 is 1.42 bits per heavy atom. The van der Waals surface area contributed by atoms with Crippen molar-refractivity contribution in [1.82, 2.24) is 4.90 Å².